The van der Waals surface area contributed by atoms with Crippen LogP contribution in [0.1, 0.15) is 53.4 Å². The molecule has 0 aliphatic rings. The zero-order valence-corrected chi connectivity index (χ0v) is 12.5. The fourth-order valence-corrected chi connectivity index (χ4v) is 2.67. The van der Waals surface area contributed by atoms with Gasteiger partial charge in [-0.1, -0.05) is 56.5 Å². The minimum absolute atomic E-state index is 0.781. The third-order valence-corrected chi connectivity index (χ3v) is 3.83. The summed E-state index contributed by atoms with van der Waals surface area (Å²) >= 11 is 3.57. The second-order valence-electron chi connectivity index (χ2n) is 4.34. The van der Waals surface area contributed by atoms with E-state index in [1.807, 2.05) is 0 Å². The van der Waals surface area contributed by atoms with Crippen LogP contribution in [0.2, 0.25) is 0 Å². The molecule has 0 aromatic carbocycles. The molecule has 0 bridgehead atoms. The van der Waals surface area contributed by atoms with E-state index in [4.69, 9.17) is 0 Å². The molecule has 0 fully saturated rings. The first kappa shape index (κ1) is 15.4. The van der Waals surface area contributed by atoms with Crippen molar-refractivity contribution < 1.29 is 0 Å². The zero-order chi connectivity index (χ0) is 11.7. The van der Waals surface area contributed by atoms with Crippen molar-refractivity contribution in [1.29, 1.82) is 0 Å². The van der Waals surface area contributed by atoms with E-state index in [-0.39, 0.29) is 0 Å². The van der Waals surface area contributed by atoms with E-state index in [0.29, 0.717) is 0 Å². The highest BCUT2D eigenvalue weighted by Gasteiger charge is 2.17. The molecule has 15 heavy (non-hydrogen) atoms. The summed E-state index contributed by atoms with van der Waals surface area (Å²) in [5, 5.41) is 1.10. The highest BCUT2D eigenvalue weighted by atomic mass is 79.9. The molecule has 0 aromatic heterocycles. The van der Waals surface area contributed by atoms with Gasteiger partial charge in [-0.05, 0) is 18.8 Å². The summed E-state index contributed by atoms with van der Waals surface area (Å²) in [6.45, 7) is 11.7. The standard InChI is InChI=1S/C13H28BrN/c1-5-12(6-2)11-15(10-9-14)13(7-3)8-4/h12-13H,5-11H2,1-4H3. The van der Waals surface area contributed by atoms with Gasteiger partial charge in [0, 0.05) is 24.5 Å². The van der Waals surface area contributed by atoms with Crippen molar-refractivity contribution in [2.24, 2.45) is 5.92 Å². The van der Waals surface area contributed by atoms with Gasteiger partial charge < -0.3 is 0 Å². The zero-order valence-electron chi connectivity index (χ0n) is 10.9. The maximum atomic E-state index is 3.57. The fourth-order valence-electron chi connectivity index (χ4n) is 2.22. The summed E-state index contributed by atoms with van der Waals surface area (Å²) in [5.41, 5.74) is 0. The summed E-state index contributed by atoms with van der Waals surface area (Å²) in [7, 11) is 0. The van der Waals surface area contributed by atoms with E-state index in [9.17, 15) is 0 Å². The Balaban J connectivity index is 4.22. The minimum Gasteiger partial charge on any atom is -0.299 e. The Morgan fingerprint density at radius 2 is 1.47 bits per heavy atom. The molecule has 0 saturated heterocycles. The van der Waals surface area contributed by atoms with Crippen LogP contribution in [0.5, 0.6) is 0 Å². The third-order valence-electron chi connectivity index (χ3n) is 3.48. The van der Waals surface area contributed by atoms with Gasteiger partial charge in [0.2, 0.25) is 0 Å². The maximum Gasteiger partial charge on any atom is 0.0159 e. The first-order valence-electron chi connectivity index (χ1n) is 6.53. The molecule has 2 heteroatoms. The number of hydrogen-bond donors (Lipinski definition) is 0. The summed E-state index contributed by atoms with van der Waals surface area (Å²) in [5.74, 6) is 0.879. The molecule has 0 aliphatic carbocycles. The van der Waals surface area contributed by atoms with Crippen molar-refractivity contribution in [2.75, 3.05) is 18.4 Å². The van der Waals surface area contributed by atoms with E-state index in [1.165, 1.54) is 38.8 Å². The van der Waals surface area contributed by atoms with Gasteiger partial charge in [-0.2, -0.15) is 0 Å². The van der Waals surface area contributed by atoms with Gasteiger partial charge in [-0.3, -0.25) is 4.90 Å². The maximum absolute atomic E-state index is 3.57. The molecule has 0 unspecified atom stereocenters. The van der Waals surface area contributed by atoms with Crippen LogP contribution in [0.3, 0.4) is 0 Å². The van der Waals surface area contributed by atoms with Gasteiger partial charge >= 0.3 is 0 Å². The first-order chi connectivity index (χ1) is 7.23. The number of halogens is 1. The number of nitrogens with zero attached hydrogens (tertiary/aromatic N) is 1. The monoisotopic (exact) mass is 277 g/mol. The molecule has 0 amide bonds. The van der Waals surface area contributed by atoms with E-state index >= 15 is 0 Å². The minimum atomic E-state index is 0.781. The summed E-state index contributed by atoms with van der Waals surface area (Å²) in [6, 6.07) is 0.781. The Morgan fingerprint density at radius 1 is 0.933 bits per heavy atom. The van der Waals surface area contributed by atoms with E-state index in [1.54, 1.807) is 0 Å². The van der Waals surface area contributed by atoms with Gasteiger partial charge in [0.1, 0.15) is 0 Å². The largest absolute Gasteiger partial charge is 0.299 e. The van der Waals surface area contributed by atoms with E-state index in [2.05, 4.69) is 48.5 Å². The number of rotatable bonds is 9. The van der Waals surface area contributed by atoms with Crippen LogP contribution in [0.25, 0.3) is 0 Å². The predicted molar refractivity (Wildman–Crippen MR) is 73.8 cm³/mol. The van der Waals surface area contributed by atoms with Crippen molar-refractivity contribution in [3.63, 3.8) is 0 Å². The summed E-state index contributed by atoms with van der Waals surface area (Å²) in [6.07, 6.45) is 5.19. The highest BCUT2D eigenvalue weighted by Crippen LogP contribution is 2.15. The molecule has 0 atom stereocenters. The van der Waals surface area contributed by atoms with Crippen molar-refractivity contribution >= 4 is 15.9 Å². The van der Waals surface area contributed by atoms with Gasteiger partial charge in [-0.15, -0.1) is 0 Å². The van der Waals surface area contributed by atoms with Gasteiger partial charge in [0.05, 0.1) is 0 Å². The smallest absolute Gasteiger partial charge is 0.0159 e. The lowest BCUT2D eigenvalue weighted by molar-refractivity contribution is 0.163. The summed E-state index contributed by atoms with van der Waals surface area (Å²) in [4.78, 5) is 2.67. The molecule has 0 spiro atoms. The van der Waals surface area contributed by atoms with E-state index in [0.717, 1.165) is 17.3 Å². The average molecular weight is 278 g/mol. The Bertz CT molecular complexity index is 130. The topological polar surface area (TPSA) is 3.24 Å². The lowest BCUT2D eigenvalue weighted by atomic mass is 10.0. The Labute approximate surface area is 105 Å². The van der Waals surface area contributed by atoms with Crippen molar-refractivity contribution in [3.8, 4) is 0 Å². The molecule has 1 nitrogen and oxygen atoms in total. The predicted octanol–water partition coefficient (Wildman–Crippen LogP) is 4.31. The van der Waals surface area contributed by atoms with Crippen LogP contribution in [0.4, 0.5) is 0 Å². The molecular formula is C13H28BrN. The van der Waals surface area contributed by atoms with Crippen molar-refractivity contribution in [3.05, 3.63) is 0 Å². The molecule has 0 saturated carbocycles. The van der Waals surface area contributed by atoms with Crippen LogP contribution in [-0.4, -0.2) is 29.4 Å². The van der Waals surface area contributed by atoms with Crippen LogP contribution in [0.15, 0.2) is 0 Å². The Hall–Kier alpha value is 0.440. The highest BCUT2D eigenvalue weighted by molar-refractivity contribution is 9.09. The number of hydrogen-bond acceptors (Lipinski definition) is 1. The van der Waals surface area contributed by atoms with Crippen LogP contribution in [0, 0.1) is 5.92 Å². The third kappa shape index (κ3) is 5.91. The Morgan fingerprint density at radius 3 is 1.80 bits per heavy atom. The molecule has 0 heterocycles. The second-order valence-corrected chi connectivity index (χ2v) is 5.13. The van der Waals surface area contributed by atoms with Crippen LogP contribution in [-0.2, 0) is 0 Å². The molecular weight excluding hydrogens is 250 g/mol. The van der Waals surface area contributed by atoms with E-state index < -0.39 is 0 Å². The van der Waals surface area contributed by atoms with Gasteiger partial charge in [0.15, 0.2) is 0 Å². The molecule has 92 valence electrons. The SMILES string of the molecule is CCC(CC)CN(CCBr)C(CC)CC. The Kier molecular flexibility index (Phi) is 9.93. The number of alkyl halides is 1. The fraction of sp³-hybridized carbons (Fsp3) is 1.00. The van der Waals surface area contributed by atoms with Crippen LogP contribution >= 0.6 is 15.9 Å². The van der Waals surface area contributed by atoms with Gasteiger partial charge in [-0.25, -0.2) is 0 Å². The second kappa shape index (κ2) is 9.65. The van der Waals surface area contributed by atoms with Crippen molar-refractivity contribution in [2.45, 2.75) is 59.4 Å². The quantitative estimate of drug-likeness (QED) is 0.568. The molecule has 0 N–H and O–H groups in total. The molecule has 0 radical (unpaired) electrons. The molecule has 0 aromatic rings. The summed E-state index contributed by atoms with van der Waals surface area (Å²) < 4.78 is 0. The average Bonchev–Trinajstić information content (AvgIpc) is 2.27. The first-order valence-corrected chi connectivity index (χ1v) is 7.65. The normalized spacial score (nSPS) is 12.0. The lowest BCUT2D eigenvalue weighted by Crippen LogP contribution is -2.39. The lowest BCUT2D eigenvalue weighted by Gasteiger charge is -2.32. The van der Waals surface area contributed by atoms with Crippen LogP contribution < -0.4 is 0 Å². The molecule has 0 aliphatic heterocycles. The van der Waals surface area contributed by atoms with Gasteiger partial charge in [0.25, 0.3) is 0 Å². The van der Waals surface area contributed by atoms with Crippen molar-refractivity contribution in [1.82, 2.24) is 4.90 Å². The molecule has 0 rings (SSSR count).